The summed E-state index contributed by atoms with van der Waals surface area (Å²) < 4.78 is 10.6. The minimum absolute atomic E-state index is 0.0600. The van der Waals surface area contributed by atoms with Crippen LogP contribution in [-0.2, 0) is 13.0 Å². The number of rotatable bonds is 5. The molecular formula is C20H24N4O4. The van der Waals surface area contributed by atoms with Crippen molar-refractivity contribution in [1.82, 2.24) is 15.0 Å². The van der Waals surface area contributed by atoms with Crippen LogP contribution in [-0.4, -0.2) is 40.0 Å². The summed E-state index contributed by atoms with van der Waals surface area (Å²) in [4.78, 5) is 32.1. The molecule has 0 spiro atoms. The lowest BCUT2D eigenvalue weighted by atomic mass is 10.1. The van der Waals surface area contributed by atoms with Crippen LogP contribution in [0.2, 0.25) is 0 Å². The monoisotopic (exact) mass is 384 g/mol. The van der Waals surface area contributed by atoms with Gasteiger partial charge in [-0.15, -0.1) is 0 Å². The number of aromatic nitrogens is 2. The van der Waals surface area contributed by atoms with Gasteiger partial charge in [0.1, 0.15) is 5.56 Å². The summed E-state index contributed by atoms with van der Waals surface area (Å²) >= 11 is 0. The molecule has 2 aromatic heterocycles. The summed E-state index contributed by atoms with van der Waals surface area (Å²) in [5, 5.41) is 6.67. The molecule has 1 fully saturated rings. The average Bonchev–Trinajstić information content (AvgIpc) is 3.41. The molecule has 1 aliphatic carbocycles. The van der Waals surface area contributed by atoms with E-state index in [2.05, 4.69) is 15.5 Å². The first kappa shape index (κ1) is 18.5. The van der Waals surface area contributed by atoms with Crippen molar-refractivity contribution >= 4 is 17.7 Å². The summed E-state index contributed by atoms with van der Waals surface area (Å²) in [6.45, 7) is 4.27. The van der Waals surface area contributed by atoms with Crippen LogP contribution in [0.5, 0.6) is 5.88 Å². The van der Waals surface area contributed by atoms with Crippen molar-refractivity contribution in [2.75, 3.05) is 12.4 Å². The SMILES string of the molecule is CCc1noc(NC(=O)c2cc3c(nc2OC)CN(C2CCCC2)C3=O)c1C. The molecule has 8 nitrogen and oxygen atoms in total. The number of aryl methyl sites for hydroxylation is 1. The van der Waals surface area contributed by atoms with E-state index < -0.39 is 5.91 Å². The highest BCUT2D eigenvalue weighted by Crippen LogP contribution is 2.33. The maximum atomic E-state index is 12.9. The fourth-order valence-corrected chi connectivity index (χ4v) is 4.04. The highest BCUT2D eigenvalue weighted by Gasteiger charge is 2.36. The molecule has 4 rings (SSSR count). The first-order valence-electron chi connectivity index (χ1n) is 9.68. The maximum absolute atomic E-state index is 12.9. The van der Waals surface area contributed by atoms with Gasteiger partial charge in [-0.1, -0.05) is 24.9 Å². The van der Waals surface area contributed by atoms with E-state index in [1.165, 1.54) is 7.11 Å². The van der Waals surface area contributed by atoms with Crippen molar-refractivity contribution in [2.45, 2.75) is 58.5 Å². The molecule has 0 unspecified atom stereocenters. The van der Waals surface area contributed by atoms with Crippen LogP contribution in [0, 0.1) is 6.92 Å². The lowest BCUT2D eigenvalue weighted by molar-refractivity contribution is 0.0706. The van der Waals surface area contributed by atoms with Crippen molar-refractivity contribution in [1.29, 1.82) is 0 Å². The molecule has 0 bridgehead atoms. The Bertz CT molecular complexity index is 931. The molecule has 0 saturated heterocycles. The first-order valence-corrected chi connectivity index (χ1v) is 9.68. The van der Waals surface area contributed by atoms with Crippen LogP contribution >= 0.6 is 0 Å². The lowest BCUT2D eigenvalue weighted by Gasteiger charge is -2.22. The third-order valence-electron chi connectivity index (χ3n) is 5.66. The fourth-order valence-electron chi connectivity index (χ4n) is 4.04. The van der Waals surface area contributed by atoms with Crippen molar-refractivity contribution in [3.05, 3.63) is 34.1 Å². The van der Waals surface area contributed by atoms with Crippen LogP contribution in [0.15, 0.2) is 10.6 Å². The minimum Gasteiger partial charge on any atom is -0.480 e. The number of carbonyl (C=O) groups is 2. The Hall–Kier alpha value is -2.90. The summed E-state index contributed by atoms with van der Waals surface area (Å²) in [5.74, 6) is -0.00935. The molecule has 2 aliphatic rings. The van der Waals surface area contributed by atoms with Crippen molar-refractivity contribution in [3.8, 4) is 5.88 Å². The van der Waals surface area contributed by atoms with Gasteiger partial charge in [-0.25, -0.2) is 4.98 Å². The van der Waals surface area contributed by atoms with E-state index in [-0.39, 0.29) is 23.4 Å². The molecule has 1 aliphatic heterocycles. The topological polar surface area (TPSA) is 97.6 Å². The number of methoxy groups -OCH3 is 1. The first-order chi connectivity index (χ1) is 13.5. The number of ether oxygens (including phenoxy) is 1. The molecule has 28 heavy (non-hydrogen) atoms. The summed E-state index contributed by atoms with van der Waals surface area (Å²) in [5.41, 5.74) is 2.91. The second-order valence-electron chi connectivity index (χ2n) is 7.30. The normalized spacial score (nSPS) is 16.5. The average molecular weight is 384 g/mol. The number of fused-ring (bicyclic) bond motifs is 1. The van der Waals surface area contributed by atoms with E-state index in [9.17, 15) is 9.59 Å². The van der Waals surface area contributed by atoms with E-state index in [0.29, 0.717) is 30.1 Å². The van der Waals surface area contributed by atoms with Crippen LogP contribution in [0.4, 0.5) is 5.88 Å². The van der Waals surface area contributed by atoms with Gasteiger partial charge < -0.3 is 14.2 Å². The third-order valence-corrected chi connectivity index (χ3v) is 5.66. The Morgan fingerprint density at radius 1 is 1.39 bits per heavy atom. The molecule has 2 aromatic rings. The van der Waals surface area contributed by atoms with Gasteiger partial charge in [0.25, 0.3) is 11.8 Å². The van der Waals surface area contributed by atoms with E-state index in [0.717, 1.165) is 36.9 Å². The summed E-state index contributed by atoms with van der Waals surface area (Å²) in [6.07, 6.45) is 5.04. The number of anilines is 1. The second kappa shape index (κ2) is 7.26. The van der Waals surface area contributed by atoms with E-state index in [1.807, 2.05) is 18.7 Å². The Morgan fingerprint density at radius 2 is 2.14 bits per heavy atom. The zero-order chi connectivity index (χ0) is 19.8. The smallest absolute Gasteiger partial charge is 0.263 e. The predicted molar refractivity (Wildman–Crippen MR) is 101 cm³/mol. The molecule has 0 radical (unpaired) electrons. The predicted octanol–water partition coefficient (Wildman–Crippen LogP) is 3.10. The van der Waals surface area contributed by atoms with Gasteiger partial charge in [-0.05, 0) is 32.3 Å². The molecule has 1 N–H and O–H groups in total. The Morgan fingerprint density at radius 3 is 2.79 bits per heavy atom. The van der Waals surface area contributed by atoms with Crippen molar-refractivity contribution in [2.24, 2.45) is 0 Å². The van der Waals surface area contributed by atoms with Gasteiger partial charge in [0.15, 0.2) is 0 Å². The summed E-state index contributed by atoms with van der Waals surface area (Å²) in [6, 6.07) is 1.84. The molecule has 0 aromatic carbocycles. The van der Waals surface area contributed by atoms with E-state index in [4.69, 9.17) is 9.26 Å². The quantitative estimate of drug-likeness (QED) is 0.851. The van der Waals surface area contributed by atoms with Crippen molar-refractivity contribution in [3.63, 3.8) is 0 Å². The van der Waals surface area contributed by atoms with Gasteiger partial charge in [0.05, 0.1) is 30.6 Å². The fraction of sp³-hybridized carbons (Fsp3) is 0.500. The number of amides is 2. The highest BCUT2D eigenvalue weighted by atomic mass is 16.5. The zero-order valence-corrected chi connectivity index (χ0v) is 16.4. The van der Waals surface area contributed by atoms with E-state index >= 15 is 0 Å². The van der Waals surface area contributed by atoms with Gasteiger partial charge in [-0.2, -0.15) is 0 Å². The van der Waals surface area contributed by atoms with Crippen molar-refractivity contribution < 1.29 is 18.8 Å². The standard InChI is InChI=1S/C20H24N4O4/c1-4-15-11(2)18(28-23-15)22-17(25)14-9-13-16(21-19(14)27-3)10-24(20(13)26)12-7-5-6-8-12/h9,12H,4-8,10H2,1-3H3,(H,22,25). The number of pyridine rings is 1. The molecule has 148 valence electrons. The zero-order valence-electron chi connectivity index (χ0n) is 16.4. The van der Waals surface area contributed by atoms with Gasteiger partial charge in [0.2, 0.25) is 11.8 Å². The number of hydrogen-bond donors (Lipinski definition) is 1. The lowest BCUT2D eigenvalue weighted by Crippen LogP contribution is -2.33. The second-order valence-corrected chi connectivity index (χ2v) is 7.30. The number of nitrogens with one attached hydrogen (secondary N) is 1. The Labute approximate surface area is 163 Å². The van der Waals surface area contributed by atoms with Crippen LogP contribution in [0.1, 0.15) is 70.3 Å². The Balaban J connectivity index is 1.62. The number of nitrogens with zero attached hydrogens (tertiary/aromatic N) is 3. The molecule has 3 heterocycles. The largest absolute Gasteiger partial charge is 0.480 e. The van der Waals surface area contributed by atoms with Crippen LogP contribution in [0.3, 0.4) is 0 Å². The number of hydrogen-bond acceptors (Lipinski definition) is 6. The molecule has 2 amide bonds. The third kappa shape index (κ3) is 3.02. The van der Waals surface area contributed by atoms with E-state index in [1.54, 1.807) is 6.07 Å². The molecular weight excluding hydrogens is 360 g/mol. The summed E-state index contributed by atoms with van der Waals surface area (Å²) in [7, 11) is 1.46. The van der Waals surface area contributed by atoms with Crippen LogP contribution in [0.25, 0.3) is 0 Å². The van der Waals surface area contributed by atoms with Gasteiger partial charge in [0, 0.05) is 11.6 Å². The van der Waals surface area contributed by atoms with Gasteiger partial charge in [-0.3, -0.25) is 14.9 Å². The molecule has 8 heteroatoms. The molecule has 1 saturated carbocycles. The maximum Gasteiger partial charge on any atom is 0.263 e. The number of carbonyl (C=O) groups excluding carboxylic acids is 2. The van der Waals surface area contributed by atoms with Crippen LogP contribution < -0.4 is 10.1 Å². The minimum atomic E-state index is -0.443. The molecule has 0 atom stereocenters. The highest BCUT2D eigenvalue weighted by molar-refractivity contribution is 6.08. The van der Waals surface area contributed by atoms with Gasteiger partial charge >= 0.3 is 0 Å². The Kier molecular flexibility index (Phi) is 4.78.